The molecule has 3 aromatic rings. The third kappa shape index (κ3) is 2.70. The van der Waals surface area contributed by atoms with E-state index in [4.69, 9.17) is 9.47 Å². The Bertz CT molecular complexity index is 1090. The first-order valence-electron chi connectivity index (χ1n) is 8.00. The Morgan fingerprint density at radius 2 is 1.81 bits per heavy atom. The standard InChI is InChI=1S/C17H11N5O4S/c23-22(24)12-4-1-10(2-5-12)13-8-27-17-19-18-16(21(17)20-13)11-3-6-14-15(7-11)26-9-25-14/h1-7H,8-9H2. The molecular formula is C17H11N5O4S. The molecule has 0 N–H and O–H groups in total. The van der Waals surface area contributed by atoms with E-state index in [9.17, 15) is 10.1 Å². The zero-order chi connectivity index (χ0) is 18.4. The van der Waals surface area contributed by atoms with Crippen LogP contribution in [-0.2, 0) is 0 Å². The highest BCUT2D eigenvalue weighted by Gasteiger charge is 2.23. The third-order valence-corrected chi connectivity index (χ3v) is 5.14. The van der Waals surface area contributed by atoms with Crippen LogP contribution in [0.25, 0.3) is 11.4 Å². The summed E-state index contributed by atoms with van der Waals surface area (Å²) in [6, 6.07) is 11.9. The van der Waals surface area contributed by atoms with Gasteiger partial charge in [0.05, 0.1) is 10.6 Å². The van der Waals surface area contributed by atoms with Gasteiger partial charge in [0.15, 0.2) is 17.3 Å². The van der Waals surface area contributed by atoms with E-state index in [1.54, 1.807) is 16.8 Å². The minimum Gasteiger partial charge on any atom is -0.454 e. The van der Waals surface area contributed by atoms with Gasteiger partial charge in [-0.1, -0.05) is 11.8 Å². The third-order valence-electron chi connectivity index (χ3n) is 4.21. The number of hydrogen-bond donors (Lipinski definition) is 0. The molecule has 0 bridgehead atoms. The summed E-state index contributed by atoms with van der Waals surface area (Å²) in [5, 5.41) is 24.6. The van der Waals surface area contributed by atoms with Crippen LogP contribution in [0.3, 0.4) is 0 Å². The second kappa shape index (κ2) is 6.09. The number of rotatable bonds is 3. The molecular weight excluding hydrogens is 370 g/mol. The molecule has 0 fully saturated rings. The Balaban J connectivity index is 1.53. The van der Waals surface area contributed by atoms with Gasteiger partial charge in [-0.3, -0.25) is 10.1 Å². The Hall–Kier alpha value is -3.40. The van der Waals surface area contributed by atoms with Gasteiger partial charge in [0.1, 0.15) is 0 Å². The maximum Gasteiger partial charge on any atom is 0.269 e. The fraction of sp³-hybridized carbons (Fsp3) is 0.118. The van der Waals surface area contributed by atoms with E-state index in [0.29, 0.717) is 28.2 Å². The van der Waals surface area contributed by atoms with Crippen LogP contribution in [0.15, 0.2) is 52.7 Å². The fourth-order valence-electron chi connectivity index (χ4n) is 2.86. The molecule has 0 saturated heterocycles. The van der Waals surface area contributed by atoms with Gasteiger partial charge in [-0.05, 0) is 35.9 Å². The Labute approximate surface area is 156 Å². The molecule has 2 aliphatic rings. The van der Waals surface area contributed by atoms with Gasteiger partial charge in [0, 0.05) is 23.4 Å². The number of nitro benzene ring substituents is 1. The van der Waals surface area contributed by atoms with Crippen LogP contribution in [-0.4, -0.2) is 38.1 Å². The van der Waals surface area contributed by atoms with E-state index in [1.807, 2.05) is 18.2 Å². The first-order chi connectivity index (χ1) is 13.2. The van der Waals surface area contributed by atoms with E-state index in [2.05, 4.69) is 15.3 Å². The van der Waals surface area contributed by atoms with Crippen molar-refractivity contribution in [2.24, 2.45) is 5.10 Å². The highest BCUT2D eigenvalue weighted by Crippen LogP contribution is 2.36. The second-order valence-electron chi connectivity index (χ2n) is 5.83. The summed E-state index contributed by atoms with van der Waals surface area (Å²) < 4.78 is 12.4. The summed E-state index contributed by atoms with van der Waals surface area (Å²) in [6.07, 6.45) is 0. The molecule has 0 spiro atoms. The van der Waals surface area contributed by atoms with Crippen molar-refractivity contribution in [2.75, 3.05) is 12.5 Å². The first-order valence-corrected chi connectivity index (χ1v) is 8.98. The topological polar surface area (TPSA) is 105 Å². The molecule has 1 aromatic heterocycles. The number of ether oxygens (including phenoxy) is 2. The molecule has 2 aromatic carbocycles. The minimum atomic E-state index is -0.420. The van der Waals surface area contributed by atoms with Gasteiger partial charge in [0.2, 0.25) is 11.9 Å². The molecule has 3 heterocycles. The summed E-state index contributed by atoms with van der Waals surface area (Å²) in [7, 11) is 0. The van der Waals surface area contributed by atoms with Crippen molar-refractivity contribution in [3.63, 3.8) is 0 Å². The lowest BCUT2D eigenvalue weighted by molar-refractivity contribution is -0.384. The van der Waals surface area contributed by atoms with Crippen molar-refractivity contribution in [3.8, 4) is 22.9 Å². The molecule has 0 aliphatic carbocycles. The van der Waals surface area contributed by atoms with Crippen molar-refractivity contribution >= 4 is 23.2 Å². The van der Waals surface area contributed by atoms with E-state index in [-0.39, 0.29) is 12.5 Å². The Morgan fingerprint density at radius 3 is 2.63 bits per heavy atom. The molecule has 134 valence electrons. The van der Waals surface area contributed by atoms with Crippen LogP contribution in [0.5, 0.6) is 11.5 Å². The van der Waals surface area contributed by atoms with Gasteiger partial charge >= 0.3 is 0 Å². The first kappa shape index (κ1) is 15.8. The van der Waals surface area contributed by atoms with E-state index >= 15 is 0 Å². The summed E-state index contributed by atoms with van der Waals surface area (Å²) in [4.78, 5) is 10.4. The number of hydrogen-bond acceptors (Lipinski definition) is 8. The molecule has 0 radical (unpaired) electrons. The van der Waals surface area contributed by atoms with Crippen molar-refractivity contribution < 1.29 is 14.4 Å². The van der Waals surface area contributed by atoms with Crippen molar-refractivity contribution in [3.05, 3.63) is 58.1 Å². The van der Waals surface area contributed by atoms with Crippen molar-refractivity contribution in [2.45, 2.75) is 5.16 Å². The number of nitro groups is 1. The highest BCUT2D eigenvalue weighted by molar-refractivity contribution is 7.99. The Kier molecular flexibility index (Phi) is 3.57. The number of benzene rings is 2. The number of nitrogens with zero attached hydrogens (tertiary/aromatic N) is 5. The number of thioether (sulfide) groups is 1. The van der Waals surface area contributed by atoms with Crippen LogP contribution >= 0.6 is 11.8 Å². The second-order valence-corrected chi connectivity index (χ2v) is 6.77. The molecule has 27 heavy (non-hydrogen) atoms. The smallest absolute Gasteiger partial charge is 0.269 e. The SMILES string of the molecule is O=[N+]([O-])c1ccc(C2=Nn3c(nnc3-c3ccc4c(c3)OCO4)SC2)cc1. The van der Waals surface area contributed by atoms with Crippen LogP contribution in [0.4, 0.5) is 5.69 Å². The number of fused-ring (bicyclic) bond motifs is 2. The van der Waals surface area contributed by atoms with Gasteiger partial charge in [-0.15, -0.1) is 10.2 Å². The molecule has 5 rings (SSSR count). The molecule has 0 atom stereocenters. The van der Waals surface area contributed by atoms with Gasteiger partial charge < -0.3 is 9.47 Å². The quantitative estimate of drug-likeness (QED) is 0.507. The molecule has 2 aliphatic heterocycles. The molecule has 0 amide bonds. The lowest BCUT2D eigenvalue weighted by Crippen LogP contribution is -2.13. The maximum atomic E-state index is 10.8. The normalized spacial score (nSPS) is 14.6. The minimum absolute atomic E-state index is 0.0499. The van der Waals surface area contributed by atoms with Crippen LogP contribution in [0.2, 0.25) is 0 Å². The van der Waals surface area contributed by atoms with Crippen LogP contribution in [0, 0.1) is 10.1 Å². The lowest BCUT2D eigenvalue weighted by atomic mass is 10.1. The van der Waals surface area contributed by atoms with Gasteiger partial charge in [-0.25, -0.2) is 0 Å². The highest BCUT2D eigenvalue weighted by atomic mass is 32.2. The lowest BCUT2D eigenvalue weighted by Gasteiger charge is -2.14. The van der Waals surface area contributed by atoms with E-state index in [1.165, 1.54) is 23.9 Å². The summed E-state index contributed by atoms with van der Waals surface area (Å²) in [5.74, 6) is 2.56. The van der Waals surface area contributed by atoms with Crippen molar-refractivity contribution in [1.82, 2.24) is 14.9 Å². The summed E-state index contributed by atoms with van der Waals surface area (Å²) in [5.41, 5.74) is 2.48. The monoisotopic (exact) mass is 381 g/mol. The molecule has 0 unspecified atom stereocenters. The van der Waals surface area contributed by atoms with E-state index in [0.717, 1.165) is 16.8 Å². The molecule has 0 saturated carbocycles. The molecule has 10 heteroatoms. The fourth-order valence-corrected chi connectivity index (χ4v) is 3.70. The van der Waals surface area contributed by atoms with Gasteiger partial charge in [-0.2, -0.15) is 9.78 Å². The predicted octanol–water partition coefficient (Wildman–Crippen LogP) is 2.94. The van der Waals surface area contributed by atoms with Crippen LogP contribution < -0.4 is 9.47 Å². The average Bonchev–Trinajstić information content (AvgIpc) is 3.33. The number of aromatic nitrogens is 3. The zero-order valence-corrected chi connectivity index (χ0v) is 14.5. The number of non-ortho nitro benzene ring substituents is 1. The van der Waals surface area contributed by atoms with E-state index < -0.39 is 4.92 Å². The maximum absolute atomic E-state index is 10.8. The molecule has 9 nitrogen and oxygen atoms in total. The van der Waals surface area contributed by atoms with Gasteiger partial charge in [0.25, 0.3) is 5.69 Å². The zero-order valence-electron chi connectivity index (χ0n) is 13.7. The summed E-state index contributed by atoms with van der Waals surface area (Å²) in [6.45, 7) is 0.203. The average molecular weight is 381 g/mol. The predicted molar refractivity (Wildman–Crippen MR) is 97.3 cm³/mol. The largest absolute Gasteiger partial charge is 0.454 e. The van der Waals surface area contributed by atoms with Crippen LogP contribution in [0.1, 0.15) is 5.56 Å². The Morgan fingerprint density at radius 1 is 1.04 bits per heavy atom. The summed E-state index contributed by atoms with van der Waals surface area (Å²) >= 11 is 1.51. The van der Waals surface area contributed by atoms with Crippen molar-refractivity contribution in [1.29, 1.82) is 0 Å².